The summed E-state index contributed by atoms with van der Waals surface area (Å²) in [5, 5.41) is 29.7. The van der Waals surface area contributed by atoms with Crippen LogP contribution in [0, 0.1) is 11.8 Å². The van der Waals surface area contributed by atoms with Gasteiger partial charge in [0.1, 0.15) is 18.4 Å². The molecule has 14 nitrogen and oxygen atoms in total. The molecule has 0 aromatic rings. The average molecular weight is 918 g/mol. The molecule has 1 unspecified atom stereocenters. The van der Waals surface area contributed by atoms with Crippen molar-refractivity contribution in [3.05, 3.63) is 12.2 Å². The Morgan fingerprint density at radius 1 is 0.698 bits per heavy atom. The molecule has 1 aliphatic carbocycles. The van der Waals surface area contributed by atoms with Crippen LogP contribution in [0.2, 0.25) is 0 Å². The van der Waals surface area contributed by atoms with Crippen molar-refractivity contribution in [2.24, 2.45) is 17.6 Å². The van der Waals surface area contributed by atoms with Crippen LogP contribution < -0.4 is 5.73 Å². The minimum absolute atomic E-state index is 0.0169. The monoisotopic (exact) mass is 918 g/mol. The number of unbranched alkanes of at least 4 members (excludes halogenated alkanes) is 23. The molecular weight excluding hydrogens is 829 g/mol. The molecule has 1 saturated carbocycles. The maximum atomic E-state index is 12.8. The Balaban J connectivity index is 2.39. The van der Waals surface area contributed by atoms with Crippen molar-refractivity contribution in [2.75, 3.05) is 19.8 Å². The van der Waals surface area contributed by atoms with Gasteiger partial charge in [0.2, 0.25) is 0 Å². The molecular formula is C48H88NO13P. The van der Waals surface area contributed by atoms with E-state index in [2.05, 4.69) is 18.4 Å². The fourth-order valence-electron chi connectivity index (χ4n) is 7.96. The van der Waals surface area contributed by atoms with Gasteiger partial charge in [0.15, 0.2) is 6.10 Å². The number of phosphoric ester groups is 1. The summed E-state index contributed by atoms with van der Waals surface area (Å²) in [5.74, 6) is -3.19. The van der Waals surface area contributed by atoms with Crippen molar-refractivity contribution in [1.82, 2.24) is 0 Å². The Morgan fingerprint density at radius 2 is 1.16 bits per heavy atom. The molecule has 1 fully saturated rings. The highest BCUT2D eigenvalue weighted by atomic mass is 31.2. The van der Waals surface area contributed by atoms with Gasteiger partial charge in [-0.15, -0.1) is 0 Å². The Labute approximate surface area is 379 Å². The van der Waals surface area contributed by atoms with Crippen LogP contribution >= 0.6 is 7.82 Å². The van der Waals surface area contributed by atoms with Gasteiger partial charge in [-0.3, -0.25) is 28.2 Å². The highest BCUT2D eigenvalue weighted by Gasteiger charge is 2.39. The summed E-state index contributed by atoms with van der Waals surface area (Å²) in [6.07, 6.45) is 31.7. The van der Waals surface area contributed by atoms with Crippen LogP contribution in [0.4, 0.5) is 0 Å². The minimum Gasteiger partial charge on any atom is -0.480 e. The summed E-state index contributed by atoms with van der Waals surface area (Å²) in [6.45, 7) is 2.50. The Morgan fingerprint density at radius 3 is 1.68 bits per heavy atom. The van der Waals surface area contributed by atoms with Gasteiger partial charge < -0.3 is 35.4 Å². The summed E-state index contributed by atoms with van der Waals surface area (Å²) < 4.78 is 32.8. The lowest BCUT2D eigenvalue weighted by Gasteiger charge is -2.20. The lowest BCUT2D eigenvalue weighted by Crippen LogP contribution is -2.34. The van der Waals surface area contributed by atoms with Gasteiger partial charge in [-0.1, -0.05) is 180 Å². The van der Waals surface area contributed by atoms with E-state index < -0.39 is 69.9 Å². The van der Waals surface area contributed by atoms with Crippen LogP contribution in [0.3, 0.4) is 0 Å². The fraction of sp³-hybridized carbons (Fsp3) is 0.875. The van der Waals surface area contributed by atoms with E-state index in [-0.39, 0.29) is 36.9 Å². The average Bonchev–Trinajstić information content (AvgIpc) is 3.52. The number of carbonyl (C=O) groups excluding carboxylic acids is 3. The maximum Gasteiger partial charge on any atom is 0.472 e. The van der Waals surface area contributed by atoms with Gasteiger partial charge >= 0.3 is 25.7 Å². The molecule has 1 rings (SSSR count). The highest BCUT2D eigenvalue weighted by Crippen LogP contribution is 2.43. The number of phosphoric acid groups is 1. The van der Waals surface area contributed by atoms with E-state index in [1.807, 2.05) is 0 Å². The third kappa shape index (κ3) is 32.2. The summed E-state index contributed by atoms with van der Waals surface area (Å²) in [5.41, 5.74) is 5.34. The first-order valence-corrected chi connectivity index (χ1v) is 26.3. The van der Waals surface area contributed by atoms with Crippen LogP contribution in [0.1, 0.15) is 213 Å². The highest BCUT2D eigenvalue weighted by molar-refractivity contribution is 7.47. The van der Waals surface area contributed by atoms with Crippen LogP contribution in [0.5, 0.6) is 0 Å². The van der Waals surface area contributed by atoms with Crippen molar-refractivity contribution >= 4 is 31.5 Å². The quantitative estimate of drug-likeness (QED) is 0.0166. The largest absolute Gasteiger partial charge is 0.480 e. The third-order valence-electron chi connectivity index (χ3n) is 11.9. The number of rotatable bonds is 43. The second kappa shape index (κ2) is 38.0. The van der Waals surface area contributed by atoms with Crippen LogP contribution in [0.25, 0.3) is 0 Å². The summed E-state index contributed by atoms with van der Waals surface area (Å²) >= 11 is 0. The van der Waals surface area contributed by atoms with Crippen molar-refractivity contribution in [3.63, 3.8) is 0 Å². The van der Waals surface area contributed by atoms with Gasteiger partial charge in [-0.2, -0.15) is 0 Å². The lowest BCUT2D eigenvalue weighted by molar-refractivity contribution is -0.161. The molecule has 15 heteroatoms. The van der Waals surface area contributed by atoms with Gasteiger partial charge in [0.25, 0.3) is 0 Å². The van der Waals surface area contributed by atoms with E-state index >= 15 is 0 Å². The Hall–Kier alpha value is -2.19. The molecule has 0 aliphatic heterocycles. The maximum absolute atomic E-state index is 12.8. The number of carboxylic acid groups (broad SMARTS) is 1. The summed E-state index contributed by atoms with van der Waals surface area (Å²) in [4.78, 5) is 59.0. The predicted molar refractivity (Wildman–Crippen MR) is 246 cm³/mol. The van der Waals surface area contributed by atoms with E-state index in [0.29, 0.717) is 38.5 Å². The van der Waals surface area contributed by atoms with Crippen molar-refractivity contribution < 1.29 is 62.5 Å². The minimum atomic E-state index is -4.78. The zero-order valence-corrected chi connectivity index (χ0v) is 40.0. The molecule has 1 aliphatic rings. The number of hydrogen-bond donors (Lipinski definition) is 5. The second-order valence-corrected chi connectivity index (χ2v) is 19.2. The summed E-state index contributed by atoms with van der Waals surface area (Å²) in [6, 6.07) is -1.56. The standard InChI is InChI=1S/C48H88NO13P/c1-3-5-7-8-9-10-11-12-13-14-15-16-17-18-19-20-21-22-27-31-46(53)59-36-40(37-60-63(57,58)61-38-43(49)48(55)56)62-47(54)32-28-24-23-26-30-41-42(45(52)35-44(41)51)34-33-39(50)29-25-6-4-2/h33-34,39-43,45,50,52H,3-32,35-38,49H2,1-2H3,(H,55,56)(H,57,58)/b34-33+/t39-,40+,41+,42+,43-,45+/m0/s1. The topological polar surface area (TPSA) is 229 Å². The molecule has 0 saturated heterocycles. The van der Waals surface area contributed by atoms with E-state index in [0.717, 1.165) is 44.9 Å². The number of aliphatic carboxylic acids is 1. The number of carboxylic acids is 1. The first-order valence-electron chi connectivity index (χ1n) is 24.8. The van der Waals surface area contributed by atoms with Crippen LogP contribution in [-0.2, 0) is 42.3 Å². The SMILES string of the molecule is CCCCCCCCCCCCCCCCCCCCCC(=O)OC[C@H](COP(=O)(O)OC[C@H](N)C(=O)O)OC(=O)CCCCCC[C@H]1C(=O)C[C@@H](O)[C@@H]1/C=C/[C@@H](O)CCCCC. The molecule has 6 N–H and O–H groups in total. The van der Waals surface area contributed by atoms with E-state index in [9.17, 15) is 38.8 Å². The van der Waals surface area contributed by atoms with Crippen molar-refractivity contribution in [2.45, 2.75) is 237 Å². The number of Topliss-reactive ketones (excluding diaryl/α,β-unsaturated/α-hetero) is 1. The van der Waals surface area contributed by atoms with E-state index in [4.69, 9.17) is 24.8 Å². The van der Waals surface area contributed by atoms with Crippen LogP contribution in [-0.4, -0.2) is 88.1 Å². The number of nitrogens with two attached hydrogens (primary N) is 1. The zero-order chi connectivity index (χ0) is 46.6. The molecule has 0 spiro atoms. The molecule has 0 heterocycles. The van der Waals surface area contributed by atoms with Gasteiger partial charge in [0.05, 0.1) is 25.4 Å². The lowest BCUT2D eigenvalue weighted by atomic mass is 9.88. The molecule has 0 aromatic heterocycles. The normalized spacial score (nSPS) is 19.0. The fourth-order valence-corrected chi connectivity index (χ4v) is 8.74. The first kappa shape index (κ1) is 58.8. The number of aliphatic hydroxyl groups excluding tert-OH is 2. The molecule has 7 atom stereocenters. The number of ether oxygens (including phenoxy) is 2. The van der Waals surface area contributed by atoms with Gasteiger partial charge in [0, 0.05) is 31.1 Å². The number of hydrogen-bond acceptors (Lipinski definition) is 12. The number of esters is 2. The number of carbonyl (C=O) groups is 4. The number of aliphatic hydroxyl groups is 2. The van der Waals surface area contributed by atoms with E-state index in [1.54, 1.807) is 12.2 Å². The van der Waals surface area contributed by atoms with Crippen molar-refractivity contribution in [3.8, 4) is 0 Å². The Kier molecular flexibility index (Phi) is 35.5. The first-order chi connectivity index (χ1) is 30.3. The molecule has 0 radical (unpaired) electrons. The molecule has 0 amide bonds. The van der Waals surface area contributed by atoms with Crippen LogP contribution in [0.15, 0.2) is 12.2 Å². The number of ketones is 1. The summed E-state index contributed by atoms with van der Waals surface area (Å²) in [7, 11) is -4.78. The second-order valence-electron chi connectivity index (χ2n) is 17.7. The van der Waals surface area contributed by atoms with Crippen molar-refractivity contribution in [1.29, 1.82) is 0 Å². The zero-order valence-electron chi connectivity index (χ0n) is 39.1. The van der Waals surface area contributed by atoms with E-state index in [1.165, 1.54) is 96.3 Å². The molecule has 368 valence electrons. The van der Waals surface area contributed by atoms with Gasteiger partial charge in [-0.05, 0) is 25.7 Å². The smallest absolute Gasteiger partial charge is 0.472 e. The van der Waals surface area contributed by atoms with Gasteiger partial charge in [-0.25, -0.2) is 4.57 Å². The molecule has 0 aromatic carbocycles. The predicted octanol–water partition coefficient (Wildman–Crippen LogP) is 10.2. The molecule has 0 bridgehead atoms. The Bertz CT molecular complexity index is 1280. The molecule has 63 heavy (non-hydrogen) atoms. The third-order valence-corrected chi connectivity index (χ3v) is 12.9.